The van der Waals surface area contributed by atoms with Crippen LogP contribution in [0.2, 0.25) is 0 Å². The second-order valence-electron chi connectivity index (χ2n) is 9.73. The largest absolute Gasteiger partial charge is 0.369 e. The predicted octanol–water partition coefficient (Wildman–Crippen LogP) is 3.11. The lowest BCUT2D eigenvalue weighted by atomic mass is 9.94. The van der Waals surface area contributed by atoms with Gasteiger partial charge in [-0.3, -0.25) is 9.69 Å². The number of hydrogen-bond donors (Lipinski definition) is 1. The third kappa shape index (κ3) is 7.06. The first-order chi connectivity index (χ1) is 16.9. The molecule has 2 aliphatic rings. The molecule has 0 atom stereocenters. The normalized spacial score (nSPS) is 18.5. The number of aryl methyl sites for hydroxylation is 1. The molecular weight excluding hydrogens is 460 g/mol. The molecule has 190 valence electrons. The molecule has 0 saturated carbocycles. The molecule has 4 rings (SSSR count). The van der Waals surface area contributed by atoms with E-state index in [9.17, 15) is 13.2 Å². The summed E-state index contributed by atoms with van der Waals surface area (Å²) in [6.45, 7) is 8.76. The van der Waals surface area contributed by atoms with Gasteiger partial charge in [0, 0.05) is 57.9 Å². The first-order valence-corrected chi connectivity index (χ1v) is 14.2. The Morgan fingerprint density at radius 1 is 0.914 bits per heavy atom. The molecule has 0 spiro atoms. The number of piperazine rings is 1. The number of carbonyl (C=O) groups is 1. The Hall–Kier alpha value is -2.42. The van der Waals surface area contributed by atoms with Gasteiger partial charge in [0.25, 0.3) is 0 Å². The monoisotopic (exact) mass is 498 g/mol. The molecule has 0 bridgehead atoms. The number of sulfonamides is 1. The summed E-state index contributed by atoms with van der Waals surface area (Å²) >= 11 is 0. The molecule has 0 unspecified atom stereocenters. The van der Waals surface area contributed by atoms with E-state index in [1.807, 2.05) is 25.1 Å². The molecule has 7 nitrogen and oxygen atoms in total. The van der Waals surface area contributed by atoms with Gasteiger partial charge in [-0.1, -0.05) is 35.9 Å². The van der Waals surface area contributed by atoms with Crippen LogP contribution in [0.4, 0.5) is 5.69 Å². The molecule has 2 saturated heterocycles. The third-order valence-electron chi connectivity index (χ3n) is 7.17. The van der Waals surface area contributed by atoms with Gasteiger partial charge in [-0.25, -0.2) is 8.42 Å². The summed E-state index contributed by atoms with van der Waals surface area (Å²) in [4.78, 5) is 17.7. The lowest BCUT2D eigenvalue weighted by molar-refractivity contribution is -0.122. The minimum atomic E-state index is -3.45. The number of piperidine rings is 1. The average Bonchev–Trinajstić information content (AvgIpc) is 2.88. The summed E-state index contributed by atoms with van der Waals surface area (Å²) in [6, 6.07) is 17.6. The Bertz CT molecular complexity index is 1040. The summed E-state index contributed by atoms with van der Waals surface area (Å²) in [5, 5.41) is 3.07. The van der Waals surface area contributed by atoms with Gasteiger partial charge < -0.3 is 10.2 Å². The number of hydrogen-bond acceptors (Lipinski definition) is 5. The fraction of sp³-hybridized carbons (Fsp3) is 0.519. The number of rotatable bonds is 9. The van der Waals surface area contributed by atoms with Crippen molar-refractivity contribution in [3.63, 3.8) is 0 Å². The molecule has 2 aliphatic heterocycles. The molecule has 1 amide bonds. The van der Waals surface area contributed by atoms with Crippen molar-refractivity contribution in [2.24, 2.45) is 5.92 Å². The zero-order valence-corrected chi connectivity index (χ0v) is 21.5. The van der Waals surface area contributed by atoms with Crippen LogP contribution in [0.15, 0.2) is 59.5 Å². The van der Waals surface area contributed by atoms with Gasteiger partial charge in [0.2, 0.25) is 15.9 Å². The summed E-state index contributed by atoms with van der Waals surface area (Å²) in [7, 11) is -3.45. The van der Waals surface area contributed by atoms with E-state index in [-0.39, 0.29) is 11.8 Å². The van der Waals surface area contributed by atoms with Crippen molar-refractivity contribution in [3.05, 3.63) is 60.2 Å². The number of nitrogens with zero attached hydrogens (tertiary/aromatic N) is 3. The SMILES string of the molecule is Cc1ccc(S(=O)(=O)N2CCC(CC(=O)NCCCN3CCN(c4ccccc4)CC3)CC2)cc1. The quantitative estimate of drug-likeness (QED) is 0.538. The maximum Gasteiger partial charge on any atom is 0.243 e. The van der Waals surface area contributed by atoms with Gasteiger partial charge in [-0.05, 0) is 62.9 Å². The van der Waals surface area contributed by atoms with Crippen LogP contribution in [0.1, 0.15) is 31.2 Å². The highest BCUT2D eigenvalue weighted by Gasteiger charge is 2.30. The molecule has 2 fully saturated rings. The molecular formula is C27H38N4O3S. The van der Waals surface area contributed by atoms with Crippen molar-refractivity contribution < 1.29 is 13.2 Å². The molecule has 1 N–H and O–H groups in total. The Morgan fingerprint density at radius 2 is 1.57 bits per heavy atom. The molecule has 35 heavy (non-hydrogen) atoms. The second kappa shape index (κ2) is 12.0. The van der Waals surface area contributed by atoms with Crippen LogP contribution in [-0.4, -0.2) is 75.9 Å². The number of para-hydroxylation sites is 1. The Balaban J connectivity index is 1.10. The number of nitrogens with one attached hydrogen (secondary N) is 1. The van der Waals surface area contributed by atoms with E-state index in [1.54, 1.807) is 16.4 Å². The standard InChI is InChI=1S/C27H38N4O3S/c1-23-8-10-26(11-9-23)35(33,34)31-16-12-24(13-17-31)22-27(32)28-14-5-15-29-18-20-30(21-19-29)25-6-3-2-4-7-25/h2-4,6-11,24H,5,12-22H2,1H3,(H,28,32). The van der Waals surface area contributed by atoms with Crippen LogP contribution in [-0.2, 0) is 14.8 Å². The topological polar surface area (TPSA) is 73.0 Å². The molecule has 0 aromatic heterocycles. The summed E-state index contributed by atoms with van der Waals surface area (Å²) < 4.78 is 27.3. The summed E-state index contributed by atoms with van der Waals surface area (Å²) in [6.07, 6.45) is 2.88. The number of carbonyl (C=O) groups excluding carboxylic acids is 1. The number of anilines is 1. The van der Waals surface area contributed by atoms with Gasteiger partial charge >= 0.3 is 0 Å². The van der Waals surface area contributed by atoms with Gasteiger partial charge in [-0.2, -0.15) is 4.31 Å². The minimum absolute atomic E-state index is 0.0822. The number of benzene rings is 2. The van der Waals surface area contributed by atoms with E-state index >= 15 is 0 Å². The van der Waals surface area contributed by atoms with Crippen molar-refractivity contribution in [2.45, 2.75) is 37.5 Å². The van der Waals surface area contributed by atoms with Crippen molar-refractivity contribution in [1.29, 1.82) is 0 Å². The van der Waals surface area contributed by atoms with Crippen LogP contribution in [0.5, 0.6) is 0 Å². The maximum absolute atomic E-state index is 12.9. The zero-order valence-electron chi connectivity index (χ0n) is 20.7. The highest BCUT2D eigenvalue weighted by atomic mass is 32.2. The molecule has 2 aromatic carbocycles. The summed E-state index contributed by atoms with van der Waals surface area (Å²) in [5.74, 6) is 0.323. The lowest BCUT2D eigenvalue weighted by Crippen LogP contribution is -2.47. The van der Waals surface area contributed by atoms with Crippen molar-refractivity contribution in [3.8, 4) is 0 Å². The number of amides is 1. The Labute approximate surface area is 210 Å². The van der Waals surface area contributed by atoms with Crippen molar-refractivity contribution >= 4 is 21.6 Å². The van der Waals surface area contributed by atoms with Gasteiger partial charge in [0.15, 0.2) is 0 Å². The van der Waals surface area contributed by atoms with Crippen molar-refractivity contribution in [1.82, 2.24) is 14.5 Å². The van der Waals surface area contributed by atoms with Crippen LogP contribution in [0.3, 0.4) is 0 Å². The average molecular weight is 499 g/mol. The fourth-order valence-corrected chi connectivity index (χ4v) is 6.42. The first kappa shape index (κ1) is 25.7. The molecule has 8 heteroatoms. The van der Waals surface area contributed by atoms with Crippen molar-refractivity contribution in [2.75, 3.05) is 57.3 Å². The van der Waals surface area contributed by atoms with E-state index in [0.29, 0.717) is 31.0 Å². The highest BCUT2D eigenvalue weighted by Crippen LogP contribution is 2.26. The maximum atomic E-state index is 12.9. The summed E-state index contributed by atoms with van der Waals surface area (Å²) in [5.41, 5.74) is 2.33. The van der Waals surface area contributed by atoms with E-state index in [0.717, 1.165) is 57.5 Å². The Kier molecular flexibility index (Phi) is 8.81. The smallest absolute Gasteiger partial charge is 0.243 e. The third-order valence-corrected chi connectivity index (χ3v) is 9.09. The minimum Gasteiger partial charge on any atom is -0.369 e. The van der Waals surface area contributed by atoms with Crippen LogP contribution >= 0.6 is 0 Å². The second-order valence-corrected chi connectivity index (χ2v) is 11.7. The fourth-order valence-electron chi connectivity index (χ4n) is 4.95. The molecule has 2 aromatic rings. The predicted molar refractivity (Wildman–Crippen MR) is 140 cm³/mol. The van der Waals surface area contributed by atoms with E-state index in [1.165, 1.54) is 5.69 Å². The molecule has 0 radical (unpaired) electrons. The lowest BCUT2D eigenvalue weighted by Gasteiger charge is -2.36. The van der Waals surface area contributed by atoms with E-state index < -0.39 is 10.0 Å². The molecule has 0 aliphatic carbocycles. The van der Waals surface area contributed by atoms with E-state index in [4.69, 9.17) is 0 Å². The van der Waals surface area contributed by atoms with Crippen LogP contribution < -0.4 is 10.2 Å². The van der Waals surface area contributed by atoms with E-state index in [2.05, 4.69) is 39.4 Å². The first-order valence-electron chi connectivity index (χ1n) is 12.8. The Morgan fingerprint density at radius 3 is 2.23 bits per heavy atom. The van der Waals surface area contributed by atoms with Gasteiger partial charge in [-0.15, -0.1) is 0 Å². The molecule has 2 heterocycles. The van der Waals surface area contributed by atoms with Crippen LogP contribution in [0, 0.1) is 12.8 Å². The zero-order chi connectivity index (χ0) is 24.7. The van der Waals surface area contributed by atoms with Gasteiger partial charge in [0.05, 0.1) is 4.90 Å². The van der Waals surface area contributed by atoms with Crippen LogP contribution in [0.25, 0.3) is 0 Å². The highest BCUT2D eigenvalue weighted by molar-refractivity contribution is 7.89. The van der Waals surface area contributed by atoms with Gasteiger partial charge in [0.1, 0.15) is 0 Å².